The Balaban J connectivity index is 0.777. The van der Waals surface area contributed by atoms with Gasteiger partial charge < -0.3 is 31.5 Å². The van der Waals surface area contributed by atoms with Crippen molar-refractivity contribution in [2.24, 2.45) is 11.1 Å². The van der Waals surface area contributed by atoms with Gasteiger partial charge in [0.15, 0.2) is 5.82 Å². The Morgan fingerprint density at radius 1 is 0.894 bits per heavy atom. The number of nitrogens with one attached hydrogen (secondary N) is 4. The number of anilines is 1. The molecule has 5 fully saturated rings. The molecule has 250 valence electrons. The van der Waals surface area contributed by atoms with E-state index in [2.05, 4.69) is 81.0 Å². The zero-order valence-electron chi connectivity index (χ0n) is 27.7. The Morgan fingerprint density at radius 2 is 1.60 bits per heavy atom. The lowest BCUT2D eigenvalue weighted by Gasteiger charge is -2.27. The van der Waals surface area contributed by atoms with Crippen molar-refractivity contribution >= 4 is 11.6 Å². The highest BCUT2D eigenvalue weighted by molar-refractivity contribution is 5.81. The quantitative estimate of drug-likeness (QED) is 0.156. The Labute approximate surface area is 278 Å². The van der Waals surface area contributed by atoms with E-state index in [9.17, 15) is 4.79 Å². The monoisotopic (exact) mass is 637 g/mol. The third kappa shape index (κ3) is 7.13. The zero-order valence-corrected chi connectivity index (χ0v) is 27.7. The predicted molar refractivity (Wildman–Crippen MR) is 183 cm³/mol. The minimum atomic E-state index is -0.471. The van der Waals surface area contributed by atoms with Gasteiger partial charge in [-0.1, -0.05) is 47.6 Å². The van der Waals surface area contributed by atoms with Crippen molar-refractivity contribution in [3.05, 3.63) is 77.4 Å². The van der Waals surface area contributed by atoms with E-state index in [1.54, 1.807) is 6.92 Å². The molecule has 0 radical (unpaired) electrons. The van der Waals surface area contributed by atoms with Gasteiger partial charge in [0, 0.05) is 72.0 Å². The van der Waals surface area contributed by atoms with Crippen molar-refractivity contribution in [2.75, 3.05) is 25.0 Å². The number of hydrogen-bond donors (Lipinski definition) is 5. The number of benzene rings is 2. The van der Waals surface area contributed by atoms with Crippen molar-refractivity contribution < 1.29 is 9.32 Å². The van der Waals surface area contributed by atoms with Gasteiger partial charge in [-0.15, -0.1) is 0 Å². The van der Waals surface area contributed by atoms with Crippen LogP contribution in [0.5, 0.6) is 0 Å². The van der Waals surface area contributed by atoms with Crippen LogP contribution in [0.3, 0.4) is 0 Å². The summed E-state index contributed by atoms with van der Waals surface area (Å²) in [5.41, 5.74) is 10.3. The zero-order chi connectivity index (χ0) is 32.0. The number of carbonyl (C=O) groups excluding carboxylic acids is 1. The molecule has 0 saturated heterocycles. The highest BCUT2D eigenvalue weighted by Crippen LogP contribution is 2.50. The number of nitrogens with zero attached hydrogens (tertiary/aromatic N) is 2. The molecule has 1 heterocycles. The minimum Gasteiger partial charge on any atom is -0.384 e. The molecule has 5 aliphatic rings. The molecule has 3 aromatic rings. The van der Waals surface area contributed by atoms with Gasteiger partial charge in [-0.2, -0.15) is 4.98 Å². The molecule has 9 heteroatoms. The summed E-state index contributed by atoms with van der Waals surface area (Å²) in [6.45, 7) is 4.78. The Kier molecular flexibility index (Phi) is 8.34. The smallest absolute Gasteiger partial charge is 0.236 e. The maximum atomic E-state index is 12.0. The van der Waals surface area contributed by atoms with Crippen LogP contribution in [0.15, 0.2) is 59.1 Å². The summed E-state index contributed by atoms with van der Waals surface area (Å²) in [4.78, 5) is 16.9. The van der Waals surface area contributed by atoms with Crippen molar-refractivity contribution in [1.82, 2.24) is 26.1 Å². The molecule has 2 aromatic carbocycles. The van der Waals surface area contributed by atoms with Gasteiger partial charge in [0.25, 0.3) is 0 Å². The van der Waals surface area contributed by atoms with Crippen LogP contribution in [-0.4, -0.2) is 59.8 Å². The summed E-state index contributed by atoms with van der Waals surface area (Å²) in [6, 6.07) is 20.9. The van der Waals surface area contributed by atoms with Gasteiger partial charge >= 0.3 is 0 Å². The summed E-state index contributed by atoms with van der Waals surface area (Å²) in [7, 11) is 0. The second kappa shape index (κ2) is 12.6. The van der Waals surface area contributed by atoms with Gasteiger partial charge in [-0.3, -0.25) is 4.79 Å². The first kappa shape index (κ1) is 31.0. The van der Waals surface area contributed by atoms with Crippen LogP contribution in [-0.2, 0) is 10.2 Å². The van der Waals surface area contributed by atoms with Crippen LogP contribution in [0.25, 0.3) is 0 Å². The van der Waals surface area contributed by atoms with Crippen LogP contribution in [0.1, 0.15) is 112 Å². The lowest BCUT2D eigenvalue weighted by molar-refractivity contribution is -0.122. The van der Waals surface area contributed by atoms with Gasteiger partial charge in [0.1, 0.15) is 0 Å². The van der Waals surface area contributed by atoms with E-state index in [0.29, 0.717) is 29.3 Å². The molecule has 9 nitrogen and oxygen atoms in total. The number of carbonyl (C=O) groups is 1. The molecule has 1 aromatic heterocycles. The first-order valence-electron chi connectivity index (χ1n) is 18.1. The second-order valence-corrected chi connectivity index (χ2v) is 15.6. The Bertz CT molecular complexity index is 1540. The molecule has 0 unspecified atom stereocenters. The van der Waals surface area contributed by atoms with E-state index >= 15 is 0 Å². The molecule has 0 bridgehead atoms. The fourth-order valence-electron chi connectivity index (χ4n) is 7.78. The molecule has 47 heavy (non-hydrogen) atoms. The molecular formula is C38H51N7O2. The van der Waals surface area contributed by atoms with Crippen LogP contribution >= 0.6 is 0 Å². The van der Waals surface area contributed by atoms with Crippen molar-refractivity contribution in [1.29, 1.82) is 0 Å². The maximum Gasteiger partial charge on any atom is 0.236 e. The van der Waals surface area contributed by atoms with Crippen molar-refractivity contribution in [3.8, 4) is 0 Å². The predicted octanol–water partition coefficient (Wildman–Crippen LogP) is 5.07. The minimum absolute atomic E-state index is 0.00886. The van der Waals surface area contributed by atoms with E-state index in [1.807, 2.05) is 0 Å². The molecular weight excluding hydrogens is 586 g/mol. The van der Waals surface area contributed by atoms with Gasteiger partial charge in [-0.25, -0.2) is 0 Å². The first-order chi connectivity index (χ1) is 22.9. The van der Waals surface area contributed by atoms with E-state index in [-0.39, 0.29) is 23.3 Å². The van der Waals surface area contributed by atoms with Gasteiger partial charge in [0.05, 0.1) is 6.04 Å². The molecule has 5 atom stereocenters. The molecule has 5 saturated carbocycles. The van der Waals surface area contributed by atoms with Crippen molar-refractivity contribution in [2.45, 2.75) is 118 Å². The lowest BCUT2D eigenvalue weighted by atomic mass is 9.86. The topological polar surface area (TPSA) is 130 Å². The number of rotatable bonds is 15. The molecule has 0 spiro atoms. The molecule has 6 N–H and O–H groups in total. The highest BCUT2D eigenvalue weighted by Gasteiger charge is 2.51. The van der Waals surface area contributed by atoms with Crippen LogP contribution in [0, 0.1) is 5.41 Å². The highest BCUT2D eigenvalue weighted by atomic mass is 16.5. The van der Waals surface area contributed by atoms with E-state index in [1.165, 1.54) is 42.5 Å². The summed E-state index contributed by atoms with van der Waals surface area (Å²) in [5, 5.41) is 19.1. The van der Waals surface area contributed by atoms with Gasteiger partial charge in [-0.05, 0) is 94.4 Å². The first-order valence-corrected chi connectivity index (χ1v) is 18.1. The normalized spacial score (nSPS) is 30.3. The largest absolute Gasteiger partial charge is 0.384 e. The molecule has 0 aliphatic heterocycles. The number of hydrogen-bond acceptors (Lipinski definition) is 8. The summed E-state index contributed by atoms with van der Waals surface area (Å²) >= 11 is 0. The number of nitrogens with two attached hydrogens (primary N) is 1. The fraction of sp³-hybridized carbons (Fsp3) is 0.605. The van der Waals surface area contributed by atoms with Crippen LogP contribution < -0.4 is 27.0 Å². The summed E-state index contributed by atoms with van der Waals surface area (Å²) in [5.74, 6) is 3.09. The standard InChI is InChI=1S/C38H51N7O2/c1-24(39)34(46)43-28-12-10-26(11-13-28)35-44-36(45-47-35)38(16-17-38)23-42-33-20-31(33)27-8-5-9-29(18-27)40-21-37(14-15-37)22-41-32-19-30(32)25-6-3-2-4-7-25/h2-9,18,24,26,28,30-33,40-42H,10-17,19-23,39H2,1H3,(H,43,46)/t24-,26?,28?,30-,31-,32+,33+/m0/s1. The third-order valence-corrected chi connectivity index (χ3v) is 11.8. The lowest BCUT2D eigenvalue weighted by Crippen LogP contribution is -2.45. The maximum absolute atomic E-state index is 12.0. The SMILES string of the molecule is C[C@H](N)C(=O)NC1CCC(c2nc(C3(CN[C@@H]4C[C@H]4c4cccc(NCC5(CN[C@@H]6C[C@H]6c6ccccc6)CC5)c4)CC3)no2)CC1. The van der Waals surface area contributed by atoms with Crippen LogP contribution in [0.4, 0.5) is 5.69 Å². The summed E-state index contributed by atoms with van der Waals surface area (Å²) in [6.07, 6.45) is 11.0. The average Bonchev–Trinajstić information content (AvgIpc) is 3.94. The summed E-state index contributed by atoms with van der Waals surface area (Å²) < 4.78 is 5.81. The Morgan fingerprint density at radius 3 is 2.30 bits per heavy atom. The average molecular weight is 638 g/mol. The van der Waals surface area contributed by atoms with E-state index in [0.717, 1.165) is 69.9 Å². The van der Waals surface area contributed by atoms with E-state index in [4.69, 9.17) is 15.2 Å². The van der Waals surface area contributed by atoms with Crippen molar-refractivity contribution in [3.63, 3.8) is 0 Å². The molecule has 1 amide bonds. The second-order valence-electron chi connectivity index (χ2n) is 15.6. The Hall–Kier alpha value is -3.27. The number of aromatic nitrogens is 2. The molecule has 5 aliphatic carbocycles. The van der Waals surface area contributed by atoms with Crippen LogP contribution in [0.2, 0.25) is 0 Å². The van der Waals surface area contributed by atoms with Gasteiger partial charge in [0.2, 0.25) is 11.8 Å². The van der Waals surface area contributed by atoms with E-state index < -0.39 is 6.04 Å². The fourth-order valence-corrected chi connectivity index (χ4v) is 7.78. The third-order valence-electron chi connectivity index (χ3n) is 11.8. The molecule has 8 rings (SSSR count). The number of amides is 1.